The highest BCUT2D eigenvalue weighted by atomic mass is 32.2. The van der Waals surface area contributed by atoms with Crippen molar-refractivity contribution in [2.24, 2.45) is 0 Å². The molecule has 0 radical (unpaired) electrons. The molecule has 5 nitrogen and oxygen atoms in total. The number of amides is 1. The summed E-state index contributed by atoms with van der Waals surface area (Å²) in [6.45, 7) is 6.18. The fraction of sp³-hybridized carbons (Fsp3) is 0.257. The van der Waals surface area contributed by atoms with Crippen LogP contribution in [0, 0.1) is 0 Å². The van der Waals surface area contributed by atoms with Gasteiger partial charge in [0.2, 0.25) is 5.12 Å². The summed E-state index contributed by atoms with van der Waals surface area (Å²) < 4.78 is 11.7. The van der Waals surface area contributed by atoms with E-state index in [1.165, 1.54) is 22.9 Å². The number of nitrogens with one attached hydrogen (secondary N) is 1. The van der Waals surface area contributed by atoms with Crippen molar-refractivity contribution in [3.63, 3.8) is 0 Å². The molecule has 0 aliphatic heterocycles. The average molecular weight is 566 g/mol. The highest BCUT2D eigenvalue weighted by Crippen LogP contribution is 2.44. The molecule has 4 aromatic carbocycles. The van der Waals surface area contributed by atoms with Gasteiger partial charge in [0, 0.05) is 18.1 Å². The maximum Gasteiger partial charge on any atom is 0.407 e. The molecule has 0 aromatic heterocycles. The number of carbonyl (C=O) groups excluding carboxylic acids is 2. The summed E-state index contributed by atoms with van der Waals surface area (Å²) in [5.41, 5.74) is 6.29. The Hall–Kier alpha value is -4.03. The second kappa shape index (κ2) is 12.6. The quantitative estimate of drug-likeness (QED) is 0.225. The van der Waals surface area contributed by atoms with Crippen molar-refractivity contribution in [3.05, 3.63) is 125 Å². The molecule has 0 saturated carbocycles. The SMILES string of the molecule is CC(C)(C)Oc1ccc(C[C@H](NC(=O)OCC2c3ccccc3-c3ccccc32)C(=O)SCc2ccccc2)cc1. The van der Waals surface area contributed by atoms with Crippen LogP contribution < -0.4 is 10.1 Å². The molecule has 1 atom stereocenters. The number of fused-ring (bicyclic) bond motifs is 3. The molecule has 0 bridgehead atoms. The van der Waals surface area contributed by atoms with Gasteiger partial charge in [-0.1, -0.05) is 103 Å². The first-order valence-corrected chi connectivity index (χ1v) is 14.9. The zero-order valence-electron chi connectivity index (χ0n) is 23.6. The Balaban J connectivity index is 1.27. The largest absolute Gasteiger partial charge is 0.488 e. The molecular weight excluding hydrogens is 530 g/mol. The first-order valence-electron chi connectivity index (χ1n) is 13.9. The molecule has 5 rings (SSSR count). The molecule has 41 heavy (non-hydrogen) atoms. The van der Waals surface area contributed by atoms with Crippen molar-refractivity contribution in [1.82, 2.24) is 5.32 Å². The van der Waals surface area contributed by atoms with Crippen LogP contribution in [0.3, 0.4) is 0 Å². The number of ether oxygens (including phenoxy) is 2. The van der Waals surface area contributed by atoms with Gasteiger partial charge in [-0.3, -0.25) is 4.79 Å². The number of rotatable bonds is 9. The number of hydrogen-bond acceptors (Lipinski definition) is 5. The smallest absolute Gasteiger partial charge is 0.407 e. The highest BCUT2D eigenvalue weighted by Gasteiger charge is 2.30. The van der Waals surface area contributed by atoms with E-state index in [9.17, 15) is 9.59 Å². The lowest BCUT2D eigenvalue weighted by Gasteiger charge is -2.22. The molecule has 1 aliphatic rings. The van der Waals surface area contributed by atoms with Crippen LogP contribution in [0.1, 0.15) is 48.9 Å². The molecule has 6 heteroatoms. The van der Waals surface area contributed by atoms with Crippen molar-refractivity contribution in [3.8, 4) is 16.9 Å². The fourth-order valence-electron chi connectivity index (χ4n) is 5.09. The summed E-state index contributed by atoms with van der Waals surface area (Å²) >= 11 is 1.20. The molecule has 0 unspecified atom stereocenters. The van der Waals surface area contributed by atoms with E-state index < -0.39 is 12.1 Å². The first kappa shape index (κ1) is 28.5. The van der Waals surface area contributed by atoms with E-state index >= 15 is 0 Å². The van der Waals surface area contributed by atoms with Crippen LogP contribution in [0.2, 0.25) is 0 Å². The molecule has 1 N–H and O–H groups in total. The third kappa shape index (κ3) is 7.39. The molecule has 0 fully saturated rings. The van der Waals surface area contributed by atoms with Gasteiger partial charge < -0.3 is 14.8 Å². The minimum absolute atomic E-state index is 0.0508. The minimum Gasteiger partial charge on any atom is -0.488 e. The summed E-state index contributed by atoms with van der Waals surface area (Å²) in [5.74, 6) is 1.23. The van der Waals surface area contributed by atoms with E-state index in [4.69, 9.17) is 9.47 Å². The van der Waals surface area contributed by atoms with Gasteiger partial charge in [-0.25, -0.2) is 4.79 Å². The lowest BCUT2D eigenvalue weighted by molar-refractivity contribution is -0.112. The van der Waals surface area contributed by atoms with Crippen molar-refractivity contribution < 1.29 is 19.1 Å². The minimum atomic E-state index is -0.742. The third-order valence-corrected chi connectivity index (χ3v) is 7.98. The molecule has 0 saturated heterocycles. The summed E-state index contributed by atoms with van der Waals surface area (Å²) in [6, 6.07) is 33.2. The van der Waals surface area contributed by atoms with Crippen LogP contribution in [0.5, 0.6) is 5.75 Å². The van der Waals surface area contributed by atoms with Crippen molar-refractivity contribution in [2.75, 3.05) is 6.61 Å². The number of thioether (sulfide) groups is 1. The Labute approximate surface area is 246 Å². The Morgan fingerprint density at radius 1 is 0.780 bits per heavy atom. The van der Waals surface area contributed by atoms with E-state index in [0.717, 1.165) is 28.0 Å². The van der Waals surface area contributed by atoms with Crippen LogP contribution in [0.4, 0.5) is 4.79 Å². The predicted molar refractivity (Wildman–Crippen MR) is 165 cm³/mol. The Morgan fingerprint density at radius 3 is 1.98 bits per heavy atom. The average Bonchev–Trinajstić information content (AvgIpc) is 3.29. The van der Waals surface area contributed by atoms with Crippen molar-refractivity contribution in [2.45, 2.75) is 50.5 Å². The molecule has 1 amide bonds. The van der Waals surface area contributed by atoms with E-state index in [0.29, 0.717) is 12.2 Å². The second-order valence-electron chi connectivity index (χ2n) is 11.2. The third-order valence-electron chi connectivity index (χ3n) is 6.93. The van der Waals surface area contributed by atoms with Crippen molar-refractivity contribution in [1.29, 1.82) is 0 Å². The van der Waals surface area contributed by atoms with E-state index in [2.05, 4.69) is 29.6 Å². The normalized spacial score (nSPS) is 13.1. The van der Waals surface area contributed by atoms with Gasteiger partial charge >= 0.3 is 6.09 Å². The van der Waals surface area contributed by atoms with E-state index in [1.54, 1.807) is 0 Å². The van der Waals surface area contributed by atoms with Gasteiger partial charge in [0.15, 0.2) is 0 Å². The molecule has 210 valence electrons. The molecule has 1 aliphatic carbocycles. The van der Waals surface area contributed by atoms with E-state index in [-0.39, 0.29) is 23.2 Å². The maximum absolute atomic E-state index is 13.4. The monoisotopic (exact) mass is 565 g/mol. The number of hydrogen-bond donors (Lipinski definition) is 1. The van der Waals surface area contributed by atoms with Crippen LogP contribution in [-0.2, 0) is 21.7 Å². The number of alkyl carbamates (subject to hydrolysis) is 1. The van der Waals surface area contributed by atoms with Crippen molar-refractivity contribution >= 4 is 23.0 Å². The molecular formula is C35H35NO4S. The highest BCUT2D eigenvalue weighted by molar-refractivity contribution is 8.13. The van der Waals surface area contributed by atoms with Crippen LogP contribution in [-0.4, -0.2) is 29.5 Å². The summed E-state index contributed by atoms with van der Waals surface area (Å²) in [7, 11) is 0. The standard InChI is InChI=1S/C35H35NO4S/c1-35(2,3)40-26-19-17-24(18-20-26)21-32(33(37)41-23-25-11-5-4-6-12-25)36-34(38)39-22-31-29-15-9-7-13-27(29)28-14-8-10-16-30(28)31/h4-20,31-32H,21-23H2,1-3H3,(H,36,38)/t32-/m0/s1. The Kier molecular flexibility index (Phi) is 8.79. The molecule has 0 heterocycles. The first-order chi connectivity index (χ1) is 19.8. The maximum atomic E-state index is 13.4. The predicted octanol–water partition coefficient (Wildman–Crippen LogP) is 7.77. The fourth-order valence-corrected chi connectivity index (χ4v) is 5.93. The lowest BCUT2D eigenvalue weighted by Crippen LogP contribution is -2.42. The lowest BCUT2D eigenvalue weighted by atomic mass is 9.98. The zero-order valence-corrected chi connectivity index (χ0v) is 24.4. The summed E-state index contributed by atoms with van der Waals surface area (Å²) in [4.78, 5) is 26.5. The number of carbonyl (C=O) groups is 2. The molecule has 0 spiro atoms. The second-order valence-corrected chi connectivity index (χ2v) is 12.2. The zero-order chi connectivity index (χ0) is 28.8. The van der Waals surface area contributed by atoms with Gasteiger partial charge in [0.25, 0.3) is 0 Å². The summed E-state index contributed by atoms with van der Waals surface area (Å²) in [6.07, 6.45) is -0.251. The Morgan fingerprint density at radius 2 is 1.37 bits per heavy atom. The van der Waals surface area contributed by atoms with Gasteiger partial charge in [-0.2, -0.15) is 0 Å². The van der Waals surface area contributed by atoms with Crippen LogP contribution >= 0.6 is 11.8 Å². The van der Waals surface area contributed by atoms with Crippen LogP contribution in [0.25, 0.3) is 11.1 Å². The van der Waals surface area contributed by atoms with Crippen LogP contribution in [0.15, 0.2) is 103 Å². The van der Waals surface area contributed by atoms with Gasteiger partial charge in [-0.05, 0) is 66.3 Å². The topological polar surface area (TPSA) is 64.6 Å². The van der Waals surface area contributed by atoms with Gasteiger partial charge in [0.05, 0.1) is 0 Å². The van der Waals surface area contributed by atoms with Gasteiger partial charge in [0.1, 0.15) is 24.0 Å². The number of benzene rings is 4. The van der Waals surface area contributed by atoms with E-state index in [1.807, 2.05) is 99.6 Å². The Bertz CT molecular complexity index is 1450. The molecule has 4 aromatic rings. The summed E-state index contributed by atoms with van der Waals surface area (Å²) in [5, 5.41) is 2.75. The van der Waals surface area contributed by atoms with Gasteiger partial charge in [-0.15, -0.1) is 0 Å².